The number of nitrogen functional groups attached to an aromatic ring is 1. The van der Waals surface area contributed by atoms with Crippen LogP contribution in [0.2, 0.25) is 0 Å². The van der Waals surface area contributed by atoms with E-state index in [0.717, 1.165) is 11.3 Å². The minimum Gasteiger partial charge on any atom is -0.427 e. The van der Waals surface area contributed by atoms with Crippen LogP contribution in [0.15, 0.2) is 34.0 Å². The Bertz CT molecular complexity index is 1150. The van der Waals surface area contributed by atoms with E-state index in [-0.39, 0.29) is 22.2 Å². The van der Waals surface area contributed by atoms with Crippen molar-refractivity contribution in [3.63, 3.8) is 0 Å². The molecule has 2 aliphatic heterocycles. The summed E-state index contributed by atoms with van der Waals surface area (Å²) in [6.07, 6.45) is 3.44. The lowest BCUT2D eigenvalue weighted by Crippen LogP contribution is -2.71. The van der Waals surface area contributed by atoms with E-state index in [1.807, 2.05) is 0 Å². The summed E-state index contributed by atoms with van der Waals surface area (Å²) in [5, 5.41) is 7.59. The van der Waals surface area contributed by atoms with Crippen LogP contribution < -0.4 is 11.1 Å². The fourth-order valence-electron chi connectivity index (χ4n) is 3.28. The molecule has 36 heavy (non-hydrogen) atoms. The van der Waals surface area contributed by atoms with E-state index in [4.69, 9.17) is 20.0 Å². The highest BCUT2D eigenvalue weighted by atomic mass is 32.2. The van der Waals surface area contributed by atoms with Crippen molar-refractivity contribution in [2.45, 2.75) is 39.1 Å². The molecule has 1 aromatic rings. The van der Waals surface area contributed by atoms with Crippen LogP contribution in [0.4, 0.5) is 5.13 Å². The quantitative estimate of drug-likeness (QED) is 0.163. The van der Waals surface area contributed by atoms with Gasteiger partial charge in [0.05, 0.1) is 5.41 Å². The van der Waals surface area contributed by atoms with Crippen molar-refractivity contribution < 1.29 is 33.5 Å². The lowest BCUT2D eigenvalue weighted by molar-refractivity contribution is -0.173. The van der Waals surface area contributed by atoms with Crippen molar-refractivity contribution in [1.29, 1.82) is 0 Å². The smallest absolute Gasteiger partial charge is 0.358 e. The Morgan fingerprint density at radius 2 is 2.06 bits per heavy atom. The third-order valence-corrected chi connectivity index (χ3v) is 6.98. The van der Waals surface area contributed by atoms with Gasteiger partial charge in [-0.3, -0.25) is 19.3 Å². The Labute approximate surface area is 215 Å². The minimum absolute atomic E-state index is 0.0391. The maximum absolute atomic E-state index is 13.1. The zero-order valence-corrected chi connectivity index (χ0v) is 22.0. The molecule has 0 aliphatic carbocycles. The zero-order valence-electron chi connectivity index (χ0n) is 20.4. The van der Waals surface area contributed by atoms with E-state index in [1.54, 1.807) is 45.2 Å². The van der Waals surface area contributed by atoms with E-state index >= 15 is 0 Å². The van der Waals surface area contributed by atoms with E-state index in [1.165, 1.54) is 23.8 Å². The second-order valence-corrected chi connectivity index (χ2v) is 10.7. The number of hydrogen-bond donors (Lipinski definition) is 2. The zero-order chi connectivity index (χ0) is 26.6. The summed E-state index contributed by atoms with van der Waals surface area (Å²) in [6.45, 7) is 6.21. The highest BCUT2D eigenvalue weighted by Gasteiger charge is 2.54. The Hall–Kier alpha value is -3.39. The number of oxime groups is 1. The number of carbonyl (C=O) groups excluding carboxylic acids is 4. The summed E-state index contributed by atoms with van der Waals surface area (Å²) >= 11 is 2.50. The number of allylic oxidation sites excluding steroid dienone is 2. The maximum atomic E-state index is 13.1. The van der Waals surface area contributed by atoms with E-state index in [0.29, 0.717) is 11.3 Å². The van der Waals surface area contributed by atoms with E-state index in [9.17, 15) is 19.2 Å². The lowest BCUT2D eigenvalue weighted by atomic mass is 9.98. The molecule has 1 fully saturated rings. The average molecular weight is 538 g/mol. The van der Waals surface area contributed by atoms with Crippen molar-refractivity contribution in [3.8, 4) is 0 Å². The van der Waals surface area contributed by atoms with Crippen LogP contribution in [0.25, 0.3) is 0 Å². The van der Waals surface area contributed by atoms with Crippen molar-refractivity contribution in [1.82, 2.24) is 15.2 Å². The predicted molar refractivity (Wildman–Crippen MR) is 133 cm³/mol. The van der Waals surface area contributed by atoms with Crippen LogP contribution in [0, 0.1) is 5.41 Å². The molecule has 0 aromatic carbocycles. The van der Waals surface area contributed by atoms with Crippen LogP contribution >= 0.6 is 23.1 Å². The van der Waals surface area contributed by atoms with Gasteiger partial charge < -0.3 is 25.4 Å². The monoisotopic (exact) mass is 537 g/mol. The second-order valence-electron chi connectivity index (χ2n) is 8.66. The molecule has 1 aromatic heterocycles. The first-order valence-electron chi connectivity index (χ1n) is 10.8. The van der Waals surface area contributed by atoms with Crippen LogP contribution in [-0.2, 0) is 33.5 Å². The molecule has 0 saturated carbocycles. The van der Waals surface area contributed by atoms with Crippen molar-refractivity contribution >= 4 is 57.7 Å². The number of nitrogens with one attached hydrogen (secondary N) is 1. The number of aromatic nitrogens is 1. The molecule has 0 spiro atoms. The molecule has 3 heterocycles. The third-order valence-electron chi connectivity index (χ3n) is 5.00. The second kappa shape index (κ2) is 11.1. The predicted octanol–water partition coefficient (Wildman–Crippen LogP) is 1.40. The topological polar surface area (TPSA) is 163 Å². The van der Waals surface area contributed by atoms with Gasteiger partial charge in [-0.25, -0.2) is 9.78 Å². The van der Waals surface area contributed by atoms with Gasteiger partial charge >= 0.3 is 11.9 Å². The van der Waals surface area contributed by atoms with Gasteiger partial charge in [-0.2, -0.15) is 0 Å². The Morgan fingerprint density at radius 3 is 2.64 bits per heavy atom. The number of esters is 2. The summed E-state index contributed by atoms with van der Waals surface area (Å²) in [5.74, 6) is -2.14. The molecule has 3 rings (SSSR count). The third kappa shape index (κ3) is 5.70. The first-order valence-corrected chi connectivity index (χ1v) is 12.7. The molecule has 0 radical (unpaired) electrons. The molecule has 2 atom stereocenters. The van der Waals surface area contributed by atoms with Gasteiger partial charge in [0.15, 0.2) is 10.8 Å². The number of thiazole rings is 1. The number of amides is 2. The summed E-state index contributed by atoms with van der Waals surface area (Å²) in [5.41, 5.74) is 5.57. The standard InChI is InChI=1S/C22H27N5O7S2/c1-6-7-11-8-35-18-14(25-16(28)13(26-32-5)12-9-36-21(23)24-12)17(29)27(18)15(11)19(30)33-10-34-20(31)22(2,3)4/h6-7,9,14,18H,8,10H2,1-5H3,(H2,23,24)(H,25,28)/b7-6+,26-13-/t14-,18+/m1/s1. The van der Waals surface area contributed by atoms with E-state index in [2.05, 4.69) is 15.5 Å². The molecule has 0 bridgehead atoms. The van der Waals surface area contributed by atoms with Gasteiger partial charge in [0.2, 0.25) is 6.79 Å². The first kappa shape index (κ1) is 27.2. The Morgan fingerprint density at radius 1 is 1.33 bits per heavy atom. The van der Waals surface area contributed by atoms with Gasteiger partial charge in [-0.05, 0) is 33.3 Å². The Balaban J connectivity index is 1.74. The number of carbonyl (C=O) groups is 4. The number of hydrogen-bond acceptors (Lipinski definition) is 12. The summed E-state index contributed by atoms with van der Waals surface area (Å²) in [4.78, 5) is 60.9. The molecular formula is C22H27N5O7S2. The molecule has 14 heteroatoms. The highest BCUT2D eigenvalue weighted by Crippen LogP contribution is 2.41. The number of rotatable bonds is 8. The molecule has 12 nitrogen and oxygen atoms in total. The lowest BCUT2D eigenvalue weighted by Gasteiger charge is -2.49. The number of nitrogens with two attached hydrogens (primary N) is 1. The molecular weight excluding hydrogens is 510 g/mol. The summed E-state index contributed by atoms with van der Waals surface area (Å²) in [6, 6.07) is -0.922. The van der Waals surface area contributed by atoms with Gasteiger partial charge in [-0.1, -0.05) is 17.3 Å². The number of fused-ring (bicyclic) bond motifs is 1. The average Bonchev–Trinajstić information content (AvgIpc) is 3.25. The van der Waals surface area contributed by atoms with Crippen molar-refractivity contribution in [3.05, 3.63) is 34.5 Å². The first-order chi connectivity index (χ1) is 17.0. The highest BCUT2D eigenvalue weighted by molar-refractivity contribution is 8.00. The van der Waals surface area contributed by atoms with Crippen LogP contribution in [0.5, 0.6) is 0 Å². The fraction of sp³-hybridized carbons (Fsp3) is 0.455. The number of β-lactam (4-membered cyclic amide) rings is 1. The van der Waals surface area contributed by atoms with Gasteiger partial charge in [-0.15, -0.1) is 23.1 Å². The molecule has 194 valence electrons. The fourth-order valence-corrected chi connectivity index (χ4v) is 5.15. The maximum Gasteiger partial charge on any atom is 0.358 e. The van der Waals surface area contributed by atoms with Crippen LogP contribution in [0.1, 0.15) is 33.4 Å². The van der Waals surface area contributed by atoms with Crippen molar-refractivity contribution in [2.75, 3.05) is 25.4 Å². The Kier molecular flexibility index (Phi) is 8.40. The van der Waals surface area contributed by atoms with Crippen LogP contribution in [-0.4, -0.2) is 70.4 Å². The molecule has 2 amide bonds. The van der Waals surface area contributed by atoms with Gasteiger partial charge in [0, 0.05) is 11.1 Å². The number of thioether (sulfide) groups is 1. The van der Waals surface area contributed by atoms with Gasteiger partial charge in [0.1, 0.15) is 29.9 Å². The van der Waals surface area contributed by atoms with Gasteiger partial charge in [0.25, 0.3) is 11.8 Å². The summed E-state index contributed by atoms with van der Waals surface area (Å²) < 4.78 is 10.2. The molecule has 1 saturated heterocycles. The normalized spacial score (nSPS) is 20.1. The SMILES string of the molecule is C/C=C/C1=C(C(=O)OCOC(=O)C(C)(C)C)N2C(=O)[C@@H](NC(=O)/C(=N\OC)c3csc(N)n3)[C@@H]2SC1. The largest absolute Gasteiger partial charge is 0.427 e. The number of nitrogens with zero attached hydrogens (tertiary/aromatic N) is 3. The van der Waals surface area contributed by atoms with Crippen molar-refractivity contribution in [2.24, 2.45) is 10.6 Å². The summed E-state index contributed by atoms with van der Waals surface area (Å²) in [7, 11) is 1.28. The number of ether oxygens (including phenoxy) is 2. The molecule has 2 aliphatic rings. The molecule has 0 unspecified atom stereocenters. The molecule has 3 N–H and O–H groups in total. The number of anilines is 1. The van der Waals surface area contributed by atoms with Crippen LogP contribution in [0.3, 0.4) is 0 Å². The van der Waals surface area contributed by atoms with E-state index < -0.39 is 47.4 Å². The minimum atomic E-state index is -0.922.